The van der Waals surface area contributed by atoms with E-state index in [4.69, 9.17) is 19.0 Å². The number of rotatable bonds is 6. The minimum absolute atomic E-state index is 0.0226. The Balaban J connectivity index is 1.55. The van der Waals surface area contributed by atoms with Crippen molar-refractivity contribution in [1.82, 2.24) is 5.01 Å². The maximum absolute atomic E-state index is 13.5. The number of carbonyl (C=O) groups is 1. The molecule has 2 aliphatic rings. The van der Waals surface area contributed by atoms with Crippen molar-refractivity contribution in [3.63, 3.8) is 0 Å². The fraction of sp³-hybridized carbons (Fsp3) is 0.259. The van der Waals surface area contributed by atoms with E-state index in [1.165, 1.54) is 17.1 Å². The van der Waals surface area contributed by atoms with E-state index in [1.54, 1.807) is 14.2 Å². The molecule has 1 aliphatic heterocycles. The molecule has 0 spiro atoms. The van der Waals surface area contributed by atoms with Crippen molar-refractivity contribution in [2.75, 3.05) is 14.2 Å². The van der Waals surface area contributed by atoms with Gasteiger partial charge >= 0.3 is 11.8 Å². The largest absolute Gasteiger partial charge is 0.497 e. The number of nitrogens with zero attached hydrogens (tertiary/aromatic N) is 3. The van der Waals surface area contributed by atoms with Gasteiger partial charge in [-0.3, -0.25) is 14.9 Å². The Morgan fingerprint density at radius 1 is 1.06 bits per heavy atom. The van der Waals surface area contributed by atoms with Crippen LogP contribution in [0.2, 0.25) is 0 Å². The number of amides is 1. The Morgan fingerprint density at radius 2 is 1.72 bits per heavy atom. The average Bonchev–Trinajstić information content (AvgIpc) is 3.55. The number of benzene rings is 2. The van der Waals surface area contributed by atoms with Crippen LogP contribution in [0.25, 0.3) is 6.08 Å². The molecule has 0 saturated heterocycles. The van der Waals surface area contributed by atoms with E-state index in [0.29, 0.717) is 5.75 Å². The lowest BCUT2D eigenvalue weighted by Crippen LogP contribution is -2.31. The van der Waals surface area contributed by atoms with E-state index in [2.05, 4.69) is 6.08 Å². The molecule has 3 aromatic rings. The molecule has 1 aromatic heterocycles. The lowest BCUT2D eigenvalue weighted by Gasteiger charge is -2.29. The maximum atomic E-state index is 13.5. The molecule has 9 nitrogen and oxygen atoms in total. The van der Waals surface area contributed by atoms with Gasteiger partial charge in [-0.1, -0.05) is 24.3 Å². The second kappa shape index (κ2) is 9.69. The molecule has 0 radical (unpaired) electrons. The summed E-state index contributed by atoms with van der Waals surface area (Å²) in [5, 5.41) is 17.3. The van der Waals surface area contributed by atoms with Crippen LogP contribution in [-0.4, -0.2) is 35.8 Å². The van der Waals surface area contributed by atoms with Crippen LogP contribution in [0.4, 0.5) is 5.88 Å². The highest BCUT2D eigenvalue weighted by Crippen LogP contribution is 2.45. The summed E-state index contributed by atoms with van der Waals surface area (Å²) in [7, 11) is 3.23. The first kappa shape index (κ1) is 23.3. The number of nitro groups is 1. The highest BCUT2D eigenvalue weighted by molar-refractivity contribution is 6.09. The van der Waals surface area contributed by atoms with Crippen LogP contribution in [-0.2, 0) is 0 Å². The average molecular weight is 488 g/mol. The van der Waals surface area contributed by atoms with Crippen LogP contribution in [0, 0.1) is 16.0 Å². The van der Waals surface area contributed by atoms with Gasteiger partial charge in [0, 0.05) is 5.92 Å². The first-order valence-corrected chi connectivity index (χ1v) is 11.6. The van der Waals surface area contributed by atoms with Crippen LogP contribution in [0.3, 0.4) is 0 Å². The third kappa shape index (κ3) is 4.35. The van der Waals surface area contributed by atoms with Crippen LogP contribution in [0.1, 0.15) is 47.0 Å². The fourth-order valence-electron chi connectivity index (χ4n) is 4.86. The Kier molecular flexibility index (Phi) is 6.28. The number of fused-ring (bicyclic) bond motifs is 1. The van der Waals surface area contributed by atoms with Crippen LogP contribution in [0.5, 0.6) is 11.5 Å². The number of methoxy groups -OCH3 is 2. The lowest BCUT2D eigenvalue weighted by molar-refractivity contribution is -0.402. The monoisotopic (exact) mass is 487 g/mol. The van der Waals surface area contributed by atoms with Gasteiger partial charge in [-0.25, -0.2) is 5.01 Å². The van der Waals surface area contributed by atoms with Crippen LogP contribution in [0.15, 0.2) is 75.8 Å². The Morgan fingerprint density at radius 3 is 2.33 bits per heavy atom. The summed E-state index contributed by atoms with van der Waals surface area (Å²) in [5.41, 5.74) is 3.84. The summed E-state index contributed by atoms with van der Waals surface area (Å²) < 4.78 is 15.8. The summed E-state index contributed by atoms with van der Waals surface area (Å²) in [4.78, 5) is 23.9. The van der Waals surface area contributed by atoms with Crippen molar-refractivity contribution in [2.24, 2.45) is 11.0 Å². The maximum Gasteiger partial charge on any atom is 0.433 e. The summed E-state index contributed by atoms with van der Waals surface area (Å²) in [5.74, 6) is 0.342. The van der Waals surface area contributed by atoms with Gasteiger partial charge in [-0.05, 0) is 72.4 Å². The molecule has 1 fully saturated rings. The van der Waals surface area contributed by atoms with Gasteiger partial charge in [0.05, 0.1) is 32.0 Å². The summed E-state index contributed by atoms with van der Waals surface area (Å²) >= 11 is 0. The summed E-state index contributed by atoms with van der Waals surface area (Å²) in [6, 6.07) is 17.5. The van der Waals surface area contributed by atoms with Crippen molar-refractivity contribution >= 4 is 23.6 Å². The number of hydrogen-bond donors (Lipinski definition) is 0. The van der Waals surface area contributed by atoms with Gasteiger partial charge in [0.15, 0.2) is 0 Å². The highest BCUT2D eigenvalue weighted by Gasteiger charge is 2.44. The molecule has 184 valence electrons. The van der Waals surface area contributed by atoms with Crippen LogP contribution < -0.4 is 9.47 Å². The lowest BCUT2D eigenvalue weighted by atomic mass is 9.77. The van der Waals surface area contributed by atoms with Gasteiger partial charge in [-0.15, -0.1) is 0 Å². The Bertz CT molecular complexity index is 1340. The zero-order chi connectivity index (χ0) is 25.2. The molecule has 0 unspecified atom stereocenters. The predicted octanol–water partition coefficient (Wildman–Crippen LogP) is 5.64. The number of hydrogen-bond acceptors (Lipinski definition) is 7. The van der Waals surface area contributed by atoms with E-state index in [9.17, 15) is 14.9 Å². The molecule has 1 amide bonds. The van der Waals surface area contributed by atoms with Crippen molar-refractivity contribution in [1.29, 1.82) is 0 Å². The molecular weight excluding hydrogens is 462 g/mol. The van der Waals surface area contributed by atoms with Gasteiger partial charge in [-0.2, -0.15) is 5.10 Å². The molecule has 36 heavy (non-hydrogen) atoms. The van der Waals surface area contributed by atoms with E-state index in [1.807, 2.05) is 48.5 Å². The molecule has 5 rings (SSSR count). The third-order valence-electron chi connectivity index (χ3n) is 6.61. The summed E-state index contributed by atoms with van der Waals surface area (Å²) in [6.45, 7) is 0. The number of hydrazone groups is 1. The molecule has 0 N–H and O–H groups in total. The Hall–Kier alpha value is -4.40. The summed E-state index contributed by atoms with van der Waals surface area (Å²) in [6.07, 6.45) is 4.75. The molecule has 1 saturated carbocycles. The molecule has 2 heterocycles. The first-order valence-electron chi connectivity index (χ1n) is 11.6. The van der Waals surface area contributed by atoms with Gasteiger partial charge in [0.25, 0.3) is 0 Å². The van der Waals surface area contributed by atoms with E-state index in [0.717, 1.165) is 47.4 Å². The zero-order valence-corrected chi connectivity index (χ0v) is 19.9. The normalized spacial score (nSPS) is 20.1. The number of ether oxygens (including phenoxy) is 2. The number of carbonyl (C=O) groups excluding carboxylic acids is 1. The van der Waals surface area contributed by atoms with Crippen molar-refractivity contribution in [3.8, 4) is 11.5 Å². The van der Waals surface area contributed by atoms with Crippen LogP contribution >= 0.6 is 0 Å². The second-order valence-electron chi connectivity index (χ2n) is 8.69. The molecule has 1 aliphatic carbocycles. The molecule has 2 aromatic carbocycles. The smallest absolute Gasteiger partial charge is 0.433 e. The van der Waals surface area contributed by atoms with Crippen molar-refractivity contribution in [2.45, 2.75) is 25.3 Å². The fourth-order valence-corrected chi connectivity index (χ4v) is 4.86. The topological polar surface area (TPSA) is 107 Å². The van der Waals surface area contributed by atoms with E-state index >= 15 is 0 Å². The third-order valence-corrected chi connectivity index (χ3v) is 6.61. The minimum atomic E-state index is -0.664. The molecular formula is C27H25N3O6. The highest BCUT2D eigenvalue weighted by atomic mass is 16.6. The van der Waals surface area contributed by atoms with Gasteiger partial charge < -0.3 is 13.9 Å². The molecule has 2 atom stereocenters. The zero-order valence-electron chi connectivity index (χ0n) is 19.9. The predicted molar refractivity (Wildman–Crippen MR) is 133 cm³/mol. The van der Waals surface area contributed by atoms with Crippen molar-refractivity contribution < 1.29 is 23.6 Å². The molecule has 0 bridgehead atoms. The molecule has 9 heteroatoms. The Labute approximate surface area is 207 Å². The quantitative estimate of drug-likeness (QED) is 0.329. The van der Waals surface area contributed by atoms with Gasteiger partial charge in [0.1, 0.15) is 16.4 Å². The standard InChI is InChI=1S/C27H25N3O6/c1-34-20-10-6-17(7-11-20)16-19-4-3-5-22-25(19)28-29(26(22)18-8-12-21(35-2)13-9-18)27(31)23-14-15-24(36-23)30(32)33/h6-16,22,26H,3-5H2,1-2H3/b19-16+/t22-,26+/m1/s1. The number of furan rings is 1. The van der Waals surface area contributed by atoms with Crippen molar-refractivity contribution in [3.05, 3.63) is 93.2 Å². The van der Waals surface area contributed by atoms with E-state index < -0.39 is 16.7 Å². The van der Waals surface area contributed by atoms with Gasteiger partial charge in [0.2, 0.25) is 5.76 Å². The number of allylic oxidation sites excluding steroid dienone is 1. The SMILES string of the molecule is COc1ccc(/C=C2\CCC[C@@H]3C2=NN(C(=O)c2ccc([N+](=O)[O-])o2)[C@H]3c2ccc(OC)cc2)cc1. The van der Waals surface area contributed by atoms with E-state index in [-0.39, 0.29) is 17.7 Å². The first-order chi connectivity index (χ1) is 17.5. The minimum Gasteiger partial charge on any atom is -0.497 e. The second-order valence-corrected chi connectivity index (χ2v) is 8.69.